The molecule has 0 spiro atoms. The maximum absolute atomic E-state index is 12.5. The number of carbonyl (C=O) groups excluding carboxylic acids is 1. The molecule has 2 heterocycles. The summed E-state index contributed by atoms with van der Waals surface area (Å²) < 4.78 is 0. The van der Waals surface area contributed by atoms with E-state index in [1.54, 1.807) is 36.3 Å². The summed E-state index contributed by atoms with van der Waals surface area (Å²) in [6.45, 7) is 1.90. The van der Waals surface area contributed by atoms with Crippen molar-refractivity contribution >= 4 is 34.1 Å². The van der Waals surface area contributed by atoms with Gasteiger partial charge in [0.1, 0.15) is 5.15 Å². The van der Waals surface area contributed by atoms with Gasteiger partial charge in [0.05, 0.1) is 6.04 Å². The van der Waals surface area contributed by atoms with E-state index >= 15 is 0 Å². The summed E-state index contributed by atoms with van der Waals surface area (Å²) in [6.07, 6.45) is 3.18. The highest BCUT2D eigenvalue weighted by molar-refractivity contribution is 6.29. The van der Waals surface area contributed by atoms with Crippen LogP contribution in [-0.2, 0) is 0 Å². The summed E-state index contributed by atoms with van der Waals surface area (Å²) in [5.41, 5.74) is 1.28. The monoisotopic (exact) mass is 356 g/mol. The Hall–Kier alpha value is -2.86. The highest BCUT2D eigenvalue weighted by Gasteiger charge is 2.20. The number of anilines is 1. The number of urea groups is 1. The molecule has 128 valence electrons. The van der Waals surface area contributed by atoms with E-state index in [1.165, 1.54) is 6.20 Å². The van der Waals surface area contributed by atoms with Crippen molar-refractivity contribution in [1.82, 2.24) is 14.9 Å². The number of carbonyl (C=O) groups is 1. The van der Waals surface area contributed by atoms with Gasteiger partial charge in [0.15, 0.2) is 0 Å². The number of pyridine rings is 2. The first-order valence-electron chi connectivity index (χ1n) is 7.73. The number of nitrogens with zero attached hydrogens (tertiary/aromatic N) is 2. The fourth-order valence-electron chi connectivity index (χ4n) is 2.65. The van der Waals surface area contributed by atoms with E-state index in [2.05, 4.69) is 15.3 Å². The third-order valence-electron chi connectivity index (χ3n) is 4.17. The predicted octanol–water partition coefficient (Wildman–Crippen LogP) is 3.80. The van der Waals surface area contributed by atoms with Gasteiger partial charge in [-0.2, -0.15) is 0 Å². The quantitative estimate of drug-likeness (QED) is 0.700. The third-order valence-corrected chi connectivity index (χ3v) is 4.38. The summed E-state index contributed by atoms with van der Waals surface area (Å²) in [5.74, 6) is 0. The van der Waals surface area contributed by atoms with Crippen molar-refractivity contribution in [3.63, 3.8) is 0 Å². The van der Waals surface area contributed by atoms with Crippen LogP contribution in [0.1, 0.15) is 18.5 Å². The first kappa shape index (κ1) is 17.0. The summed E-state index contributed by atoms with van der Waals surface area (Å²) in [6, 6.07) is 10.0. The summed E-state index contributed by atoms with van der Waals surface area (Å²) in [4.78, 5) is 32.7. The first-order chi connectivity index (χ1) is 12.0. The van der Waals surface area contributed by atoms with Crippen LogP contribution in [0, 0.1) is 0 Å². The van der Waals surface area contributed by atoms with Crippen LogP contribution < -0.4 is 10.9 Å². The molecule has 7 heteroatoms. The molecule has 1 aromatic carbocycles. The Morgan fingerprint density at radius 1 is 1.28 bits per heavy atom. The van der Waals surface area contributed by atoms with Gasteiger partial charge in [-0.25, -0.2) is 9.78 Å². The molecule has 6 nitrogen and oxygen atoms in total. The molecule has 0 aliphatic heterocycles. The van der Waals surface area contributed by atoms with Crippen molar-refractivity contribution in [3.8, 4) is 0 Å². The lowest BCUT2D eigenvalue weighted by molar-refractivity contribution is 0.208. The first-order valence-corrected chi connectivity index (χ1v) is 8.11. The van der Waals surface area contributed by atoms with E-state index in [9.17, 15) is 9.59 Å². The summed E-state index contributed by atoms with van der Waals surface area (Å²) >= 11 is 5.84. The molecule has 0 aliphatic rings. The minimum absolute atomic E-state index is 0.148. The molecule has 1 unspecified atom stereocenters. The second kappa shape index (κ2) is 6.94. The minimum Gasteiger partial charge on any atom is -0.328 e. The van der Waals surface area contributed by atoms with E-state index < -0.39 is 0 Å². The van der Waals surface area contributed by atoms with Crippen LogP contribution in [0.25, 0.3) is 10.8 Å². The SMILES string of the molecule is CC(c1c[nH]c(=O)c2ccccc12)N(C)C(=O)Nc1ccnc(Cl)c1. The van der Waals surface area contributed by atoms with E-state index in [0.29, 0.717) is 16.2 Å². The van der Waals surface area contributed by atoms with E-state index in [0.717, 1.165) is 10.9 Å². The Kier molecular flexibility index (Phi) is 4.72. The molecule has 2 amide bonds. The largest absolute Gasteiger partial charge is 0.328 e. The van der Waals surface area contributed by atoms with Crippen LogP contribution in [0.5, 0.6) is 0 Å². The molecule has 3 rings (SSSR count). The smallest absolute Gasteiger partial charge is 0.322 e. The number of aromatic amines is 1. The molecule has 0 radical (unpaired) electrons. The van der Waals surface area contributed by atoms with Crippen molar-refractivity contribution < 1.29 is 4.79 Å². The number of fused-ring (bicyclic) bond motifs is 1. The van der Waals surface area contributed by atoms with Gasteiger partial charge in [-0.15, -0.1) is 0 Å². The summed E-state index contributed by atoms with van der Waals surface area (Å²) in [5, 5.41) is 4.51. The number of benzene rings is 1. The molecule has 3 aromatic rings. The topological polar surface area (TPSA) is 78.1 Å². The van der Waals surface area contributed by atoms with Gasteiger partial charge < -0.3 is 15.2 Å². The van der Waals surface area contributed by atoms with Crippen molar-refractivity contribution in [2.24, 2.45) is 0 Å². The number of H-pyrrole nitrogens is 1. The number of hydrogen-bond donors (Lipinski definition) is 2. The normalized spacial score (nSPS) is 12.0. The van der Waals surface area contributed by atoms with E-state index in [4.69, 9.17) is 11.6 Å². The van der Waals surface area contributed by atoms with E-state index in [1.807, 2.05) is 25.1 Å². The zero-order chi connectivity index (χ0) is 18.0. The van der Waals surface area contributed by atoms with Crippen LogP contribution >= 0.6 is 11.6 Å². The Morgan fingerprint density at radius 3 is 2.72 bits per heavy atom. The van der Waals surface area contributed by atoms with Crippen LogP contribution in [-0.4, -0.2) is 27.9 Å². The molecule has 2 N–H and O–H groups in total. The highest BCUT2D eigenvalue weighted by Crippen LogP contribution is 2.25. The third kappa shape index (κ3) is 3.49. The Labute approximate surface area is 149 Å². The lowest BCUT2D eigenvalue weighted by Crippen LogP contribution is -2.34. The zero-order valence-corrected chi connectivity index (χ0v) is 14.5. The van der Waals surface area contributed by atoms with Gasteiger partial charge >= 0.3 is 6.03 Å². The molecule has 2 aromatic heterocycles. The molecular weight excluding hydrogens is 340 g/mol. The Balaban J connectivity index is 1.87. The fraction of sp³-hybridized carbons (Fsp3) is 0.167. The van der Waals surface area contributed by atoms with Gasteiger partial charge in [0.25, 0.3) is 5.56 Å². The number of aromatic nitrogens is 2. The molecule has 1 atom stereocenters. The minimum atomic E-state index is -0.287. The molecule has 25 heavy (non-hydrogen) atoms. The number of amides is 2. The van der Waals surface area contributed by atoms with Gasteiger partial charge in [0.2, 0.25) is 0 Å². The maximum atomic E-state index is 12.5. The predicted molar refractivity (Wildman–Crippen MR) is 99.0 cm³/mol. The van der Waals surface area contributed by atoms with Gasteiger partial charge in [0, 0.05) is 30.5 Å². The van der Waals surface area contributed by atoms with Gasteiger partial charge in [-0.3, -0.25) is 4.79 Å². The van der Waals surface area contributed by atoms with Gasteiger partial charge in [-0.05, 0) is 36.1 Å². The van der Waals surface area contributed by atoms with E-state index in [-0.39, 0.29) is 17.6 Å². The van der Waals surface area contributed by atoms with Crippen molar-refractivity contribution in [2.45, 2.75) is 13.0 Å². The maximum Gasteiger partial charge on any atom is 0.322 e. The van der Waals surface area contributed by atoms with Crippen molar-refractivity contribution in [2.75, 3.05) is 12.4 Å². The number of hydrogen-bond acceptors (Lipinski definition) is 3. The Bertz CT molecular complexity index is 986. The Morgan fingerprint density at radius 2 is 2.00 bits per heavy atom. The van der Waals surface area contributed by atoms with Crippen molar-refractivity contribution in [1.29, 1.82) is 0 Å². The second-order valence-corrected chi connectivity index (χ2v) is 6.09. The number of rotatable bonds is 3. The standard InChI is InChI=1S/C18H17ClN4O2/c1-11(15-10-21-17(24)14-6-4-3-5-13(14)15)23(2)18(25)22-12-7-8-20-16(19)9-12/h3-11H,1-2H3,(H,21,24)(H,20,22,25). The average Bonchev–Trinajstić information content (AvgIpc) is 2.61. The number of halogens is 1. The fourth-order valence-corrected chi connectivity index (χ4v) is 2.83. The van der Waals surface area contributed by atoms with Crippen LogP contribution in [0.2, 0.25) is 5.15 Å². The van der Waals surface area contributed by atoms with Crippen LogP contribution in [0.3, 0.4) is 0 Å². The molecule has 0 fully saturated rings. The van der Waals surface area contributed by atoms with Crippen molar-refractivity contribution in [3.05, 3.63) is 69.9 Å². The highest BCUT2D eigenvalue weighted by atomic mass is 35.5. The van der Waals surface area contributed by atoms with Crippen LogP contribution in [0.4, 0.5) is 10.5 Å². The lowest BCUT2D eigenvalue weighted by atomic mass is 10.0. The summed E-state index contributed by atoms with van der Waals surface area (Å²) in [7, 11) is 1.70. The van der Waals surface area contributed by atoms with Crippen LogP contribution in [0.15, 0.2) is 53.6 Å². The molecule has 0 saturated carbocycles. The molecule has 0 aliphatic carbocycles. The average molecular weight is 357 g/mol. The number of nitrogens with one attached hydrogen (secondary N) is 2. The lowest BCUT2D eigenvalue weighted by Gasteiger charge is -2.26. The zero-order valence-electron chi connectivity index (χ0n) is 13.8. The second-order valence-electron chi connectivity index (χ2n) is 5.70. The molecule has 0 saturated heterocycles. The molecular formula is C18H17ClN4O2. The molecule has 0 bridgehead atoms. The van der Waals surface area contributed by atoms with Gasteiger partial charge in [-0.1, -0.05) is 29.8 Å².